The van der Waals surface area contributed by atoms with E-state index in [1.165, 1.54) is 12.8 Å². The first-order valence-electron chi connectivity index (χ1n) is 8.71. The van der Waals surface area contributed by atoms with Crippen molar-refractivity contribution in [1.29, 1.82) is 0 Å². The highest BCUT2D eigenvalue weighted by Crippen LogP contribution is 2.20. The van der Waals surface area contributed by atoms with Crippen molar-refractivity contribution in [3.8, 4) is 0 Å². The highest BCUT2D eigenvalue weighted by atomic mass is 35.5. The van der Waals surface area contributed by atoms with Gasteiger partial charge in [-0.3, -0.25) is 4.98 Å². The minimum atomic E-state index is 0.258. The van der Waals surface area contributed by atoms with E-state index in [2.05, 4.69) is 29.0 Å². The Kier molecular flexibility index (Phi) is 6.06. The summed E-state index contributed by atoms with van der Waals surface area (Å²) in [7, 11) is 2.17. The van der Waals surface area contributed by atoms with Gasteiger partial charge < -0.3 is 14.9 Å². The van der Waals surface area contributed by atoms with Gasteiger partial charge in [0, 0.05) is 36.6 Å². The predicted octanol–water partition coefficient (Wildman–Crippen LogP) is 3.02. The van der Waals surface area contributed by atoms with E-state index in [9.17, 15) is 0 Å². The number of rotatable bonds is 6. The van der Waals surface area contributed by atoms with Gasteiger partial charge in [0.25, 0.3) is 0 Å². The molecule has 2 heterocycles. The number of piperidine rings is 1. The second kappa shape index (κ2) is 8.26. The van der Waals surface area contributed by atoms with E-state index in [-0.39, 0.29) is 6.61 Å². The number of hydrogen-bond acceptors (Lipinski definition) is 4. The van der Waals surface area contributed by atoms with Crippen LogP contribution in [0.5, 0.6) is 0 Å². The van der Waals surface area contributed by atoms with Crippen molar-refractivity contribution in [3.05, 3.63) is 41.0 Å². The third-order valence-electron chi connectivity index (χ3n) is 4.73. The summed E-state index contributed by atoms with van der Waals surface area (Å²) in [5, 5.41) is 10.9. The van der Waals surface area contributed by atoms with E-state index in [1.807, 2.05) is 18.2 Å². The fourth-order valence-corrected chi connectivity index (χ4v) is 3.83. The molecule has 1 aliphatic heterocycles. The molecule has 1 fully saturated rings. The van der Waals surface area contributed by atoms with E-state index in [0.29, 0.717) is 5.92 Å². The molecule has 24 heavy (non-hydrogen) atoms. The van der Waals surface area contributed by atoms with Crippen molar-refractivity contribution in [2.75, 3.05) is 39.8 Å². The fourth-order valence-electron chi connectivity index (χ4n) is 3.65. The molecule has 0 radical (unpaired) electrons. The second-order valence-corrected chi connectivity index (χ2v) is 7.31. The molecular weight excluding hydrogens is 322 g/mol. The Morgan fingerprint density at radius 3 is 3.04 bits per heavy atom. The molecule has 0 saturated carbocycles. The van der Waals surface area contributed by atoms with Crippen LogP contribution in [-0.4, -0.2) is 59.7 Å². The van der Waals surface area contributed by atoms with Crippen molar-refractivity contribution in [2.45, 2.75) is 19.4 Å². The number of aliphatic hydroxyl groups is 1. The lowest BCUT2D eigenvalue weighted by Gasteiger charge is -2.34. The Hall–Kier alpha value is -1.20. The Labute approximate surface area is 149 Å². The van der Waals surface area contributed by atoms with E-state index in [0.717, 1.165) is 54.3 Å². The van der Waals surface area contributed by atoms with E-state index in [4.69, 9.17) is 21.7 Å². The molecule has 1 N–H and O–H groups in total. The maximum absolute atomic E-state index is 9.12. The average molecular weight is 348 g/mol. The summed E-state index contributed by atoms with van der Waals surface area (Å²) in [5.74, 6) is 0.676. The molecule has 1 atom stereocenters. The topological polar surface area (TPSA) is 39.6 Å². The molecule has 1 aromatic heterocycles. The summed E-state index contributed by atoms with van der Waals surface area (Å²) in [6, 6.07) is 10.0. The number of hydrogen-bond donors (Lipinski definition) is 1. The van der Waals surface area contributed by atoms with Crippen LogP contribution in [0.1, 0.15) is 18.5 Å². The summed E-state index contributed by atoms with van der Waals surface area (Å²) < 4.78 is 0. The second-order valence-electron chi connectivity index (χ2n) is 6.87. The van der Waals surface area contributed by atoms with Crippen LogP contribution in [0.15, 0.2) is 30.3 Å². The molecule has 1 saturated heterocycles. The van der Waals surface area contributed by atoms with Gasteiger partial charge in [-0.2, -0.15) is 0 Å². The van der Waals surface area contributed by atoms with Crippen molar-refractivity contribution < 1.29 is 5.11 Å². The zero-order valence-corrected chi connectivity index (χ0v) is 15.0. The summed E-state index contributed by atoms with van der Waals surface area (Å²) in [5.41, 5.74) is 2.09. The van der Waals surface area contributed by atoms with Crippen LogP contribution in [0.3, 0.4) is 0 Å². The summed E-state index contributed by atoms with van der Waals surface area (Å²) >= 11 is 6.03. The highest BCUT2D eigenvalue weighted by Gasteiger charge is 2.20. The highest BCUT2D eigenvalue weighted by molar-refractivity contribution is 6.31. The number of aromatic nitrogens is 1. The predicted molar refractivity (Wildman–Crippen MR) is 99.3 cm³/mol. The van der Waals surface area contributed by atoms with Crippen LogP contribution in [0, 0.1) is 5.92 Å². The van der Waals surface area contributed by atoms with E-state index < -0.39 is 0 Å². The zero-order chi connectivity index (χ0) is 16.9. The lowest BCUT2D eigenvalue weighted by molar-refractivity contribution is 0.119. The smallest absolute Gasteiger partial charge is 0.0706 e. The molecule has 3 rings (SSSR count). The maximum atomic E-state index is 9.12. The third-order valence-corrected chi connectivity index (χ3v) is 4.97. The molecule has 1 aromatic carbocycles. The van der Waals surface area contributed by atoms with Gasteiger partial charge in [0.15, 0.2) is 0 Å². The molecule has 2 aromatic rings. The molecule has 0 aliphatic carbocycles. The first-order chi connectivity index (χ1) is 11.6. The van der Waals surface area contributed by atoms with Gasteiger partial charge in [0.1, 0.15) is 0 Å². The summed E-state index contributed by atoms with van der Waals surface area (Å²) in [6.45, 7) is 5.20. The van der Waals surface area contributed by atoms with Gasteiger partial charge in [-0.05, 0) is 56.6 Å². The van der Waals surface area contributed by atoms with Gasteiger partial charge >= 0.3 is 0 Å². The first-order valence-corrected chi connectivity index (χ1v) is 9.09. The fraction of sp³-hybridized carbons (Fsp3) is 0.526. The summed E-state index contributed by atoms with van der Waals surface area (Å²) in [6.07, 6.45) is 2.50. The number of pyridine rings is 1. The molecule has 0 amide bonds. The quantitative estimate of drug-likeness (QED) is 0.872. The minimum Gasteiger partial charge on any atom is -0.395 e. The van der Waals surface area contributed by atoms with Crippen LogP contribution in [0.2, 0.25) is 5.02 Å². The molecule has 0 bridgehead atoms. The molecule has 130 valence electrons. The maximum Gasteiger partial charge on any atom is 0.0706 e. The van der Waals surface area contributed by atoms with Crippen molar-refractivity contribution >= 4 is 22.5 Å². The molecule has 0 spiro atoms. The number of likely N-dealkylation sites (tertiary alicyclic amines) is 1. The van der Waals surface area contributed by atoms with Crippen LogP contribution in [0.4, 0.5) is 0 Å². The molecule has 1 unspecified atom stereocenters. The largest absolute Gasteiger partial charge is 0.395 e. The average Bonchev–Trinajstić information content (AvgIpc) is 2.55. The van der Waals surface area contributed by atoms with E-state index in [1.54, 1.807) is 0 Å². The Morgan fingerprint density at radius 1 is 1.33 bits per heavy atom. The van der Waals surface area contributed by atoms with Crippen molar-refractivity contribution in [3.63, 3.8) is 0 Å². The van der Waals surface area contributed by atoms with Gasteiger partial charge in [-0.25, -0.2) is 0 Å². The van der Waals surface area contributed by atoms with Crippen LogP contribution < -0.4 is 0 Å². The van der Waals surface area contributed by atoms with E-state index >= 15 is 0 Å². The molecule has 5 heteroatoms. The van der Waals surface area contributed by atoms with Crippen molar-refractivity contribution in [2.24, 2.45) is 5.92 Å². The number of aliphatic hydroxyl groups excluding tert-OH is 1. The number of fused-ring (bicyclic) bond motifs is 1. The molecule has 1 aliphatic rings. The molecular formula is C19H26ClN3O. The number of halogens is 1. The van der Waals surface area contributed by atoms with Gasteiger partial charge in [-0.15, -0.1) is 0 Å². The summed E-state index contributed by atoms with van der Waals surface area (Å²) in [4.78, 5) is 9.48. The van der Waals surface area contributed by atoms with Gasteiger partial charge in [0.05, 0.1) is 17.8 Å². The Balaban J connectivity index is 1.58. The lowest BCUT2D eigenvalue weighted by atomic mass is 9.97. The number of benzene rings is 1. The van der Waals surface area contributed by atoms with Crippen LogP contribution in [0.25, 0.3) is 10.9 Å². The standard InChI is InChI=1S/C19H26ClN3O/c1-22(12-15-3-2-8-23(13-15)9-10-24)14-18-6-4-16-11-17(20)5-7-19(16)21-18/h4-7,11,15,24H,2-3,8-10,12-14H2,1H3. The normalized spacial score (nSPS) is 19.2. The third kappa shape index (κ3) is 4.67. The SMILES string of the molecule is CN(Cc1ccc2cc(Cl)ccc2n1)CC1CCCN(CCO)C1. The zero-order valence-electron chi connectivity index (χ0n) is 14.3. The van der Waals surface area contributed by atoms with Crippen LogP contribution >= 0.6 is 11.6 Å². The first kappa shape index (κ1) is 17.6. The van der Waals surface area contributed by atoms with Gasteiger partial charge in [0.2, 0.25) is 0 Å². The van der Waals surface area contributed by atoms with Crippen molar-refractivity contribution in [1.82, 2.24) is 14.8 Å². The number of β-amino-alcohol motifs (C(OH)–C–C–N with tert-alkyl or cyclic N) is 1. The Bertz CT molecular complexity index is 677. The van der Waals surface area contributed by atoms with Crippen LogP contribution in [-0.2, 0) is 6.54 Å². The number of nitrogens with zero attached hydrogens (tertiary/aromatic N) is 3. The minimum absolute atomic E-state index is 0.258. The molecule has 4 nitrogen and oxygen atoms in total. The Morgan fingerprint density at radius 2 is 2.21 bits per heavy atom. The van der Waals surface area contributed by atoms with Gasteiger partial charge in [-0.1, -0.05) is 17.7 Å². The lowest BCUT2D eigenvalue weighted by Crippen LogP contribution is -2.41. The monoisotopic (exact) mass is 347 g/mol.